The highest BCUT2D eigenvalue weighted by Crippen LogP contribution is 2.44. The van der Waals surface area contributed by atoms with E-state index in [1.54, 1.807) is 14.2 Å². The van der Waals surface area contributed by atoms with Crippen molar-refractivity contribution in [3.63, 3.8) is 0 Å². The Hall–Kier alpha value is -1.50. The second-order valence-corrected chi connectivity index (χ2v) is 9.13. The molecule has 3 aliphatic rings. The average molecular weight is 437 g/mol. The first-order valence-corrected chi connectivity index (χ1v) is 11.5. The minimum atomic E-state index is -0.378. The molecule has 2 bridgehead atoms. The number of fused-ring (bicyclic) bond motifs is 2. The minimum absolute atomic E-state index is 0.131. The van der Waals surface area contributed by atoms with Gasteiger partial charge < -0.3 is 19.1 Å². The lowest BCUT2D eigenvalue weighted by molar-refractivity contribution is -0.0763. The fourth-order valence-corrected chi connectivity index (χ4v) is 5.98. The Morgan fingerprint density at radius 3 is 2.37 bits per heavy atom. The summed E-state index contributed by atoms with van der Waals surface area (Å²) in [6.07, 6.45) is 5.92. The molecule has 0 aliphatic carbocycles. The van der Waals surface area contributed by atoms with Crippen LogP contribution in [0.4, 0.5) is 4.79 Å². The van der Waals surface area contributed by atoms with Crippen molar-refractivity contribution in [2.75, 3.05) is 33.9 Å². The van der Waals surface area contributed by atoms with Gasteiger partial charge in [0.1, 0.15) is 5.75 Å². The van der Waals surface area contributed by atoms with E-state index in [0.717, 1.165) is 62.9 Å². The molecule has 1 aromatic rings. The highest BCUT2D eigenvalue weighted by atomic mass is 35.5. The maximum Gasteiger partial charge on any atom is 0.410 e. The standard InChI is InChI=1S/C23H33ClN2O4/c1-4-30-22(27)26-17-6-7-18(26)15-19(14-17)25-11-9-23(29-3,10-12-25)20-13-16(24)5-8-21(20)28-2/h5,8,13,17-19H,4,6-7,9-12,14-15H2,1-3H3. The number of hydrogen-bond donors (Lipinski definition) is 0. The van der Waals surface area contributed by atoms with Crippen LogP contribution in [0.3, 0.4) is 0 Å². The summed E-state index contributed by atoms with van der Waals surface area (Å²) < 4.78 is 17.0. The van der Waals surface area contributed by atoms with E-state index in [1.165, 1.54) is 0 Å². The van der Waals surface area contributed by atoms with E-state index in [-0.39, 0.29) is 11.7 Å². The number of nitrogens with zero attached hydrogens (tertiary/aromatic N) is 2. The third kappa shape index (κ3) is 3.90. The number of methoxy groups -OCH3 is 2. The Morgan fingerprint density at radius 2 is 1.80 bits per heavy atom. The van der Waals surface area contributed by atoms with E-state index in [0.29, 0.717) is 29.8 Å². The van der Waals surface area contributed by atoms with Gasteiger partial charge in [-0.15, -0.1) is 0 Å². The quantitative estimate of drug-likeness (QED) is 0.683. The van der Waals surface area contributed by atoms with E-state index < -0.39 is 0 Å². The molecule has 0 aromatic heterocycles. The maximum atomic E-state index is 12.4. The molecule has 166 valence electrons. The molecule has 3 aliphatic heterocycles. The molecule has 0 spiro atoms. The van der Waals surface area contributed by atoms with Gasteiger partial charge in [-0.25, -0.2) is 4.79 Å². The molecule has 2 atom stereocenters. The van der Waals surface area contributed by atoms with Gasteiger partial charge in [0, 0.05) is 48.9 Å². The van der Waals surface area contributed by atoms with Gasteiger partial charge in [-0.1, -0.05) is 11.6 Å². The number of likely N-dealkylation sites (tertiary alicyclic amines) is 1. The van der Waals surface area contributed by atoms with Crippen LogP contribution in [-0.2, 0) is 15.1 Å². The van der Waals surface area contributed by atoms with Gasteiger partial charge in [0.2, 0.25) is 0 Å². The highest BCUT2D eigenvalue weighted by molar-refractivity contribution is 6.30. The van der Waals surface area contributed by atoms with Crippen molar-refractivity contribution in [1.29, 1.82) is 0 Å². The number of benzene rings is 1. The molecular formula is C23H33ClN2O4. The minimum Gasteiger partial charge on any atom is -0.496 e. The van der Waals surface area contributed by atoms with Crippen LogP contribution in [0.25, 0.3) is 0 Å². The first-order valence-electron chi connectivity index (χ1n) is 11.1. The molecule has 1 aromatic carbocycles. The molecule has 2 unspecified atom stereocenters. The summed E-state index contributed by atoms with van der Waals surface area (Å²) in [5.74, 6) is 0.829. The van der Waals surface area contributed by atoms with Crippen molar-refractivity contribution in [3.8, 4) is 5.75 Å². The third-order valence-electron chi connectivity index (χ3n) is 7.35. The van der Waals surface area contributed by atoms with Crippen LogP contribution in [0, 0.1) is 0 Å². The van der Waals surface area contributed by atoms with Gasteiger partial charge in [0.15, 0.2) is 0 Å². The van der Waals surface area contributed by atoms with Crippen LogP contribution < -0.4 is 4.74 Å². The summed E-state index contributed by atoms with van der Waals surface area (Å²) >= 11 is 6.30. The molecule has 0 radical (unpaired) electrons. The number of rotatable bonds is 5. The number of halogens is 1. The van der Waals surface area contributed by atoms with Crippen molar-refractivity contribution in [3.05, 3.63) is 28.8 Å². The Kier molecular flexibility index (Phi) is 6.47. The van der Waals surface area contributed by atoms with Gasteiger partial charge >= 0.3 is 6.09 Å². The molecule has 30 heavy (non-hydrogen) atoms. The zero-order chi connectivity index (χ0) is 21.3. The predicted octanol–water partition coefficient (Wildman–Crippen LogP) is 4.44. The smallest absolute Gasteiger partial charge is 0.410 e. The van der Waals surface area contributed by atoms with Crippen molar-refractivity contribution < 1.29 is 19.0 Å². The van der Waals surface area contributed by atoms with Gasteiger partial charge in [-0.2, -0.15) is 0 Å². The van der Waals surface area contributed by atoms with Crippen molar-refractivity contribution >= 4 is 17.7 Å². The molecule has 3 fully saturated rings. The number of carbonyl (C=O) groups is 1. The number of ether oxygens (including phenoxy) is 3. The highest BCUT2D eigenvalue weighted by Gasteiger charge is 2.47. The Labute approximate surface area is 184 Å². The molecule has 3 saturated heterocycles. The van der Waals surface area contributed by atoms with Crippen LogP contribution >= 0.6 is 11.6 Å². The Morgan fingerprint density at radius 1 is 1.13 bits per heavy atom. The topological polar surface area (TPSA) is 51.2 Å². The second-order valence-electron chi connectivity index (χ2n) is 8.70. The summed E-state index contributed by atoms with van der Waals surface area (Å²) in [7, 11) is 3.48. The summed E-state index contributed by atoms with van der Waals surface area (Å²) in [6.45, 7) is 4.24. The van der Waals surface area contributed by atoms with E-state index in [1.807, 2.05) is 30.0 Å². The fraction of sp³-hybridized carbons (Fsp3) is 0.696. The molecule has 1 amide bonds. The first-order chi connectivity index (χ1) is 14.5. The summed E-state index contributed by atoms with van der Waals surface area (Å²) in [5, 5.41) is 0.701. The van der Waals surface area contributed by atoms with Gasteiger partial charge in [0.05, 0.1) is 19.3 Å². The number of piperidine rings is 2. The fourth-order valence-electron chi connectivity index (χ4n) is 5.81. The SMILES string of the molecule is CCOC(=O)N1C2CCC1CC(N1CCC(OC)(c3cc(Cl)ccc3OC)CC1)C2. The van der Waals surface area contributed by atoms with Crippen LogP contribution in [0.2, 0.25) is 5.02 Å². The lowest BCUT2D eigenvalue weighted by Crippen LogP contribution is -2.55. The van der Waals surface area contributed by atoms with Crippen LogP contribution in [0.15, 0.2) is 18.2 Å². The normalized spacial score (nSPS) is 28.4. The average Bonchev–Trinajstić information content (AvgIpc) is 3.03. The van der Waals surface area contributed by atoms with Gasteiger partial charge in [-0.3, -0.25) is 4.90 Å². The molecule has 0 N–H and O–H groups in total. The number of amides is 1. The van der Waals surface area contributed by atoms with Crippen molar-refractivity contribution in [2.45, 2.75) is 69.2 Å². The van der Waals surface area contributed by atoms with Crippen LogP contribution in [0.5, 0.6) is 5.75 Å². The van der Waals surface area contributed by atoms with Crippen LogP contribution in [0.1, 0.15) is 51.0 Å². The molecule has 4 rings (SSSR count). The van der Waals surface area contributed by atoms with Gasteiger partial charge in [-0.05, 0) is 63.6 Å². The summed E-state index contributed by atoms with van der Waals surface area (Å²) in [5.41, 5.74) is 0.661. The molecule has 7 heteroatoms. The van der Waals surface area contributed by atoms with Gasteiger partial charge in [0.25, 0.3) is 0 Å². The van der Waals surface area contributed by atoms with E-state index in [4.69, 9.17) is 25.8 Å². The van der Waals surface area contributed by atoms with Crippen molar-refractivity contribution in [2.24, 2.45) is 0 Å². The summed E-state index contributed by atoms with van der Waals surface area (Å²) in [4.78, 5) is 17.0. The molecule has 6 nitrogen and oxygen atoms in total. The summed E-state index contributed by atoms with van der Waals surface area (Å²) in [6, 6.07) is 6.91. The molecule has 0 saturated carbocycles. The molecule has 3 heterocycles. The monoisotopic (exact) mass is 436 g/mol. The van der Waals surface area contributed by atoms with E-state index >= 15 is 0 Å². The number of carbonyl (C=O) groups excluding carboxylic acids is 1. The first kappa shape index (κ1) is 21.7. The zero-order valence-corrected chi connectivity index (χ0v) is 19.0. The maximum absolute atomic E-state index is 12.4. The lowest BCUT2D eigenvalue weighted by Gasteiger charge is -2.47. The molecular weight excluding hydrogens is 404 g/mol. The number of hydrogen-bond acceptors (Lipinski definition) is 5. The second kappa shape index (κ2) is 8.93. The lowest BCUT2D eigenvalue weighted by atomic mass is 9.82. The Bertz CT molecular complexity index is 752. The van der Waals surface area contributed by atoms with E-state index in [2.05, 4.69) is 4.90 Å². The third-order valence-corrected chi connectivity index (χ3v) is 7.59. The van der Waals surface area contributed by atoms with Crippen LogP contribution in [-0.4, -0.2) is 67.9 Å². The van der Waals surface area contributed by atoms with Crippen molar-refractivity contribution in [1.82, 2.24) is 9.80 Å². The van der Waals surface area contributed by atoms with E-state index in [9.17, 15) is 4.79 Å². The Balaban J connectivity index is 1.44. The predicted molar refractivity (Wildman–Crippen MR) is 116 cm³/mol. The largest absolute Gasteiger partial charge is 0.496 e. The zero-order valence-electron chi connectivity index (χ0n) is 18.2.